The molecule has 1 aromatic heterocycles. The summed E-state index contributed by atoms with van der Waals surface area (Å²) in [6.45, 7) is 1.70. The third kappa shape index (κ3) is 2.12. The maximum Gasteiger partial charge on any atom is 0.0945 e. The lowest BCUT2D eigenvalue weighted by Crippen LogP contribution is -2.27. The van der Waals surface area contributed by atoms with Gasteiger partial charge in [0, 0.05) is 25.3 Å². The summed E-state index contributed by atoms with van der Waals surface area (Å²) in [7, 11) is 0. The maximum absolute atomic E-state index is 9.81. The van der Waals surface area contributed by atoms with Crippen LogP contribution in [0.25, 0.3) is 0 Å². The summed E-state index contributed by atoms with van der Waals surface area (Å²) in [4.78, 5) is 0. The molecule has 2 heterocycles. The number of aliphatic hydroxyl groups excluding tert-OH is 2. The molecule has 3 nitrogen and oxygen atoms in total. The van der Waals surface area contributed by atoms with Crippen molar-refractivity contribution in [2.24, 2.45) is 0 Å². The van der Waals surface area contributed by atoms with Crippen LogP contribution in [0.5, 0.6) is 0 Å². The summed E-state index contributed by atoms with van der Waals surface area (Å²) in [6.07, 6.45) is 0.400. The number of fused-ring (bicyclic) bond motifs is 1. The van der Waals surface area contributed by atoms with E-state index < -0.39 is 0 Å². The van der Waals surface area contributed by atoms with Crippen molar-refractivity contribution in [2.75, 3.05) is 19.7 Å². The van der Waals surface area contributed by atoms with Gasteiger partial charge in [0.25, 0.3) is 0 Å². The predicted molar refractivity (Wildman–Crippen MR) is 58.4 cm³/mol. The van der Waals surface area contributed by atoms with E-state index in [9.17, 15) is 5.11 Å². The van der Waals surface area contributed by atoms with Crippen LogP contribution in [0, 0.1) is 0 Å². The zero-order valence-electron chi connectivity index (χ0n) is 7.72. The van der Waals surface area contributed by atoms with Gasteiger partial charge in [0.2, 0.25) is 0 Å². The molecule has 0 saturated carbocycles. The van der Waals surface area contributed by atoms with Gasteiger partial charge in [-0.05, 0) is 29.8 Å². The highest BCUT2D eigenvalue weighted by molar-refractivity contribution is 7.99. The molecule has 0 fully saturated rings. The smallest absolute Gasteiger partial charge is 0.0945 e. The Balaban J connectivity index is 2.02. The molecule has 78 valence electrons. The molecule has 1 atom stereocenters. The average Bonchev–Trinajstić information content (AvgIpc) is 2.63. The molecule has 2 N–H and O–H groups in total. The zero-order chi connectivity index (χ0) is 9.97. The first-order valence-corrected chi connectivity index (χ1v) is 6.26. The van der Waals surface area contributed by atoms with Crippen LogP contribution in [-0.4, -0.2) is 34.2 Å². The molecule has 0 spiro atoms. The van der Waals surface area contributed by atoms with Gasteiger partial charge in [0.05, 0.1) is 10.3 Å². The van der Waals surface area contributed by atoms with Crippen molar-refractivity contribution in [2.45, 2.75) is 16.7 Å². The SMILES string of the molecule is OCCCN1CC(O)c2ccsc2S1. The Kier molecular flexibility index (Phi) is 3.46. The van der Waals surface area contributed by atoms with Crippen molar-refractivity contribution in [3.05, 3.63) is 17.0 Å². The lowest BCUT2D eigenvalue weighted by atomic mass is 10.2. The van der Waals surface area contributed by atoms with Gasteiger partial charge in [-0.15, -0.1) is 11.3 Å². The largest absolute Gasteiger partial charge is 0.396 e. The highest BCUT2D eigenvalue weighted by atomic mass is 32.2. The first kappa shape index (κ1) is 10.4. The van der Waals surface area contributed by atoms with Gasteiger partial charge in [-0.2, -0.15) is 0 Å². The fourth-order valence-electron chi connectivity index (χ4n) is 1.46. The van der Waals surface area contributed by atoms with Crippen molar-refractivity contribution < 1.29 is 10.2 Å². The summed E-state index contributed by atoms with van der Waals surface area (Å²) in [5.41, 5.74) is 1.06. The lowest BCUT2D eigenvalue weighted by Gasteiger charge is -2.28. The quantitative estimate of drug-likeness (QED) is 0.774. The first-order chi connectivity index (χ1) is 6.81. The molecular weight excluding hydrogens is 218 g/mol. The van der Waals surface area contributed by atoms with Crippen molar-refractivity contribution >= 4 is 23.3 Å². The maximum atomic E-state index is 9.81. The van der Waals surface area contributed by atoms with E-state index in [1.807, 2.05) is 11.4 Å². The second-order valence-corrected chi connectivity index (χ2v) is 5.52. The van der Waals surface area contributed by atoms with E-state index in [1.54, 1.807) is 23.3 Å². The fraction of sp³-hybridized carbons (Fsp3) is 0.556. The molecule has 0 radical (unpaired) electrons. The number of hydrogen-bond acceptors (Lipinski definition) is 5. The van der Waals surface area contributed by atoms with E-state index in [0.717, 1.165) is 18.5 Å². The summed E-state index contributed by atoms with van der Waals surface area (Å²) in [5.74, 6) is 0. The molecule has 0 amide bonds. The topological polar surface area (TPSA) is 43.7 Å². The van der Waals surface area contributed by atoms with Crippen molar-refractivity contribution in [1.82, 2.24) is 4.31 Å². The number of nitrogens with zero attached hydrogens (tertiary/aromatic N) is 1. The third-order valence-corrected chi connectivity index (χ3v) is 4.40. The minimum Gasteiger partial charge on any atom is -0.396 e. The predicted octanol–water partition coefficient (Wildman–Crippen LogP) is 1.49. The van der Waals surface area contributed by atoms with Crippen LogP contribution in [0.2, 0.25) is 0 Å². The number of thiophene rings is 1. The molecule has 0 saturated heterocycles. The van der Waals surface area contributed by atoms with Crippen molar-refractivity contribution in [1.29, 1.82) is 0 Å². The van der Waals surface area contributed by atoms with E-state index in [2.05, 4.69) is 4.31 Å². The van der Waals surface area contributed by atoms with Gasteiger partial charge in [-0.3, -0.25) is 0 Å². The summed E-state index contributed by atoms with van der Waals surface area (Å²) >= 11 is 3.35. The average molecular weight is 231 g/mol. The number of β-amino-alcohol motifs (C(OH)–C–C–N with tert-alkyl or cyclic N) is 1. The normalized spacial score (nSPS) is 22.3. The Bertz CT molecular complexity index is 303. The number of hydrogen-bond donors (Lipinski definition) is 2. The van der Waals surface area contributed by atoms with Gasteiger partial charge in [0.15, 0.2) is 0 Å². The second kappa shape index (κ2) is 4.63. The molecule has 0 aliphatic carbocycles. The fourth-order valence-corrected chi connectivity index (χ4v) is 3.77. The van der Waals surface area contributed by atoms with E-state index in [-0.39, 0.29) is 12.7 Å². The van der Waals surface area contributed by atoms with Gasteiger partial charge in [-0.1, -0.05) is 0 Å². The van der Waals surface area contributed by atoms with Crippen LogP contribution >= 0.6 is 23.3 Å². The molecule has 0 aromatic carbocycles. The molecule has 2 rings (SSSR count). The molecule has 0 bridgehead atoms. The van der Waals surface area contributed by atoms with Crippen LogP contribution < -0.4 is 0 Å². The van der Waals surface area contributed by atoms with E-state index >= 15 is 0 Å². The molecule has 5 heteroatoms. The van der Waals surface area contributed by atoms with Crippen LogP contribution in [-0.2, 0) is 0 Å². The van der Waals surface area contributed by atoms with Crippen molar-refractivity contribution in [3.63, 3.8) is 0 Å². The highest BCUT2D eigenvalue weighted by Gasteiger charge is 2.24. The molecule has 1 aliphatic rings. The van der Waals surface area contributed by atoms with Crippen LogP contribution in [0.4, 0.5) is 0 Å². The first-order valence-electron chi connectivity index (χ1n) is 4.60. The van der Waals surface area contributed by atoms with Gasteiger partial charge < -0.3 is 10.2 Å². The van der Waals surface area contributed by atoms with Gasteiger partial charge >= 0.3 is 0 Å². The molecular formula is C9H13NO2S2. The Morgan fingerprint density at radius 1 is 1.57 bits per heavy atom. The Morgan fingerprint density at radius 2 is 2.43 bits per heavy atom. The van der Waals surface area contributed by atoms with Crippen LogP contribution in [0.1, 0.15) is 18.1 Å². The monoisotopic (exact) mass is 231 g/mol. The minimum absolute atomic E-state index is 0.213. The summed E-state index contributed by atoms with van der Waals surface area (Å²) in [5, 5.41) is 20.5. The summed E-state index contributed by atoms with van der Waals surface area (Å²) < 4.78 is 3.29. The van der Waals surface area contributed by atoms with E-state index in [1.165, 1.54) is 4.21 Å². The Labute approximate surface area is 91.5 Å². The highest BCUT2D eigenvalue weighted by Crippen LogP contribution is 2.40. The van der Waals surface area contributed by atoms with Gasteiger partial charge in [0.1, 0.15) is 0 Å². The van der Waals surface area contributed by atoms with Crippen LogP contribution in [0.3, 0.4) is 0 Å². The molecule has 1 unspecified atom stereocenters. The van der Waals surface area contributed by atoms with Gasteiger partial charge in [-0.25, -0.2) is 4.31 Å². The minimum atomic E-state index is -0.365. The standard InChI is InChI=1S/C9H13NO2S2/c11-4-1-3-10-6-8(12)7-2-5-13-9(7)14-10/h2,5,8,11-12H,1,3-4,6H2. The number of rotatable bonds is 3. The molecule has 1 aliphatic heterocycles. The molecule has 1 aromatic rings. The zero-order valence-corrected chi connectivity index (χ0v) is 9.35. The van der Waals surface area contributed by atoms with Crippen LogP contribution in [0.15, 0.2) is 15.7 Å². The van der Waals surface area contributed by atoms with E-state index in [4.69, 9.17) is 5.11 Å². The number of aliphatic hydroxyl groups is 2. The van der Waals surface area contributed by atoms with E-state index in [0.29, 0.717) is 6.54 Å². The Hall–Kier alpha value is -0.0700. The second-order valence-electron chi connectivity index (χ2n) is 3.24. The molecule has 14 heavy (non-hydrogen) atoms. The third-order valence-electron chi connectivity index (χ3n) is 2.17. The lowest BCUT2D eigenvalue weighted by molar-refractivity contribution is 0.142. The summed E-state index contributed by atoms with van der Waals surface area (Å²) in [6, 6.07) is 1.99. The Morgan fingerprint density at radius 3 is 3.21 bits per heavy atom. The van der Waals surface area contributed by atoms with Crippen molar-refractivity contribution in [3.8, 4) is 0 Å².